The van der Waals surface area contributed by atoms with Crippen LogP contribution in [0.4, 0.5) is 0 Å². The first-order chi connectivity index (χ1) is 10.3. The number of piperidine rings is 1. The second kappa shape index (κ2) is 6.45. The second-order valence-electron chi connectivity index (χ2n) is 5.03. The van der Waals surface area contributed by atoms with Gasteiger partial charge in [0.15, 0.2) is 0 Å². The Morgan fingerprint density at radius 1 is 1.43 bits per heavy atom. The molecule has 3 rings (SSSR count). The summed E-state index contributed by atoms with van der Waals surface area (Å²) in [5.41, 5.74) is 0.759. The number of nitrogens with zero attached hydrogens (tertiary/aromatic N) is 2. The summed E-state index contributed by atoms with van der Waals surface area (Å²) in [4.78, 5) is 4.51. The molecule has 2 heterocycles. The van der Waals surface area contributed by atoms with Gasteiger partial charge in [-0.2, -0.15) is 4.98 Å². The molecule has 0 unspecified atom stereocenters. The normalized spacial score (nSPS) is 18.7. The maximum atomic E-state index is 6.07. The van der Waals surface area contributed by atoms with Gasteiger partial charge in [0.25, 0.3) is 0 Å². The molecule has 0 saturated carbocycles. The number of hydrogen-bond donors (Lipinski definition) is 1. The Morgan fingerprint density at radius 2 is 2.33 bits per heavy atom. The van der Waals surface area contributed by atoms with Crippen molar-refractivity contribution < 1.29 is 9.26 Å². The maximum Gasteiger partial charge on any atom is 0.244 e. The minimum Gasteiger partial charge on any atom is -0.493 e. The Hall–Kier alpha value is -1.59. The van der Waals surface area contributed by atoms with Crippen LogP contribution in [0, 0.1) is 0 Å². The quantitative estimate of drug-likeness (QED) is 0.935. The van der Waals surface area contributed by atoms with Gasteiger partial charge in [-0.05, 0) is 44.5 Å². The molecule has 21 heavy (non-hydrogen) atoms. The molecule has 112 valence electrons. The van der Waals surface area contributed by atoms with Crippen molar-refractivity contribution in [3.63, 3.8) is 0 Å². The zero-order valence-electron chi connectivity index (χ0n) is 11.9. The van der Waals surface area contributed by atoms with Gasteiger partial charge in [0.2, 0.25) is 11.7 Å². The molecule has 0 radical (unpaired) electrons. The highest BCUT2D eigenvalue weighted by atomic mass is 35.5. The van der Waals surface area contributed by atoms with Gasteiger partial charge in [-0.25, -0.2) is 0 Å². The summed E-state index contributed by atoms with van der Waals surface area (Å²) in [5, 5.41) is 8.10. The van der Waals surface area contributed by atoms with Crippen molar-refractivity contribution in [1.29, 1.82) is 0 Å². The molecule has 0 aliphatic carbocycles. The van der Waals surface area contributed by atoms with Gasteiger partial charge < -0.3 is 14.6 Å². The first kappa shape index (κ1) is 14.4. The van der Waals surface area contributed by atoms with E-state index >= 15 is 0 Å². The Kier molecular flexibility index (Phi) is 4.41. The smallest absolute Gasteiger partial charge is 0.244 e. The van der Waals surface area contributed by atoms with Crippen LogP contribution in [-0.4, -0.2) is 23.3 Å². The van der Waals surface area contributed by atoms with Crippen molar-refractivity contribution in [3.05, 3.63) is 29.1 Å². The molecule has 1 atom stereocenters. The topological polar surface area (TPSA) is 60.2 Å². The van der Waals surface area contributed by atoms with E-state index in [0.29, 0.717) is 29.1 Å². The molecule has 6 heteroatoms. The molecule has 5 nitrogen and oxygen atoms in total. The van der Waals surface area contributed by atoms with Crippen molar-refractivity contribution in [2.75, 3.05) is 13.2 Å². The molecule has 1 fully saturated rings. The molecule has 1 aliphatic rings. The van der Waals surface area contributed by atoms with Gasteiger partial charge in [-0.15, -0.1) is 0 Å². The third kappa shape index (κ3) is 3.19. The van der Waals surface area contributed by atoms with Gasteiger partial charge in [0, 0.05) is 5.02 Å². The highest BCUT2D eigenvalue weighted by Gasteiger charge is 2.22. The van der Waals surface area contributed by atoms with Crippen LogP contribution in [0.15, 0.2) is 22.7 Å². The number of ether oxygens (including phenoxy) is 1. The summed E-state index contributed by atoms with van der Waals surface area (Å²) in [6.07, 6.45) is 3.40. The fourth-order valence-corrected chi connectivity index (χ4v) is 2.68. The van der Waals surface area contributed by atoms with Crippen LogP contribution < -0.4 is 10.1 Å². The molecule has 1 N–H and O–H groups in total. The highest BCUT2D eigenvalue weighted by molar-refractivity contribution is 6.30. The van der Waals surface area contributed by atoms with Crippen molar-refractivity contribution in [3.8, 4) is 17.1 Å². The number of nitrogens with one attached hydrogen (secondary N) is 1. The van der Waals surface area contributed by atoms with E-state index in [1.807, 2.05) is 13.0 Å². The second-order valence-corrected chi connectivity index (χ2v) is 5.47. The Balaban J connectivity index is 1.90. The lowest BCUT2D eigenvalue weighted by molar-refractivity contribution is 0.297. The highest BCUT2D eigenvalue weighted by Crippen LogP contribution is 2.32. The summed E-state index contributed by atoms with van der Waals surface area (Å²) in [5.74, 6) is 1.86. The van der Waals surface area contributed by atoms with Crippen LogP contribution in [-0.2, 0) is 0 Å². The monoisotopic (exact) mass is 307 g/mol. The van der Waals surface area contributed by atoms with E-state index in [2.05, 4.69) is 15.5 Å². The van der Waals surface area contributed by atoms with Crippen LogP contribution in [0.2, 0.25) is 5.02 Å². The molecule has 0 spiro atoms. The summed E-state index contributed by atoms with van der Waals surface area (Å²) >= 11 is 6.07. The molecule has 1 aromatic heterocycles. The van der Waals surface area contributed by atoms with Gasteiger partial charge in [-0.1, -0.05) is 23.2 Å². The van der Waals surface area contributed by atoms with Crippen LogP contribution >= 0.6 is 11.6 Å². The van der Waals surface area contributed by atoms with E-state index in [0.717, 1.165) is 18.5 Å². The maximum absolute atomic E-state index is 6.07. The molecular formula is C15H18ClN3O2. The van der Waals surface area contributed by atoms with E-state index < -0.39 is 0 Å². The predicted molar refractivity (Wildman–Crippen MR) is 80.5 cm³/mol. The largest absolute Gasteiger partial charge is 0.493 e. The van der Waals surface area contributed by atoms with E-state index in [-0.39, 0.29) is 6.04 Å². The number of rotatable bonds is 4. The first-order valence-corrected chi connectivity index (χ1v) is 7.65. The minimum atomic E-state index is 0.148. The van der Waals surface area contributed by atoms with Gasteiger partial charge >= 0.3 is 0 Å². The standard InChI is InChI=1S/C15H18ClN3O2/c1-2-20-13-7-6-10(16)9-11(13)14-18-15(21-19-14)12-5-3-4-8-17-12/h6-7,9,12,17H,2-5,8H2,1H3/t12-/m0/s1. The van der Waals surface area contributed by atoms with E-state index in [1.54, 1.807) is 12.1 Å². The first-order valence-electron chi connectivity index (χ1n) is 7.27. The van der Waals surface area contributed by atoms with E-state index in [9.17, 15) is 0 Å². The van der Waals surface area contributed by atoms with Crippen molar-refractivity contribution >= 4 is 11.6 Å². The summed E-state index contributed by atoms with van der Waals surface area (Å²) in [6, 6.07) is 5.57. The Bertz CT molecular complexity index is 609. The summed E-state index contributed by atoms with van der Waals surface area (Å²) in [7, 11) is 0. The number of benzene rings is 1. The van der Waals surface area contributed by atoms with Crippen LogP contribution in [0.1, 0.15) is 38.1 Å². The molecule has 1 aromatic carbocycles. The molecular weight excluding hydrogens is 290 g/mol. The van der Waals surface area contributed by atoms with E-state index in [1.165, 1.54) is 12.8 Å². The Morgan fingerprint density at radius 3 is 3.10 bits per heavy atom. The molecule has 0 bridgehead atoms. The third-order valence-electron chi connectivity index (χ3n) is 3.53. The molecule has 1 saturated heterocycles. The lowest BCUT2D eigenvalue weighted by atomic mass is 10.1. The predicted octanol–water partition coefficient (Wildman–Crippen LogP) is 3.60. The fourth-order valence-electron chi connectivity index (χ4n) is 2.51. The van der Waals surface area contributed by atoms with Gasteiger partial charge in [-0.3, -0.25) is 0 Å². The number of aromatic nitrogens is 2. The number of halogens is 1. The van der Waals surface area contributed by atoms with Crippen molar-refractivity contribution in [2.45, 2.75) is 32.2 Å². The van der Waals surface area contributed by atoms with Crippen LogP contribution in [0.25, 0.3) is 11.4 Å². The fraction of sp³-hybridized carbons (Fsp3) is 0.467. The zero-order chi connectivity index (χ0) is 14.7. The Labute approximate surface area is 128 Å². The molecule has 1 aliphatic heterocycles. The molecule has 0 amide bonds. The van der Waals surface area contributed by atoms with E-state index in [4.69, 9.17) is 20.9 Å². The average Bonchev–Trinajstić information content (AvgIpc) is 3.00. The molecule has 2 aromatic rings. The summed E-state index contributed by atoms with van der Waals surface area (Å²) in [6.45, 7) is 3.50. The van der Waals surface area contributed by atoms with Gasteiger partial charge in [0.1, 0.15) is 5.75 Å². The lowest BCUT2D eigenvalue weighted by Crippen LogP contribution is -2.26. The third-order valence-corrected chi connectivity index (χ3v) is 3.77. The zero-order valence-corrected chi connectivity index (χ0v) is 12.7. The van der Waals surface area contributed by atoms with Crippen LogP contribution in [0.3, 0.4) is 0 Å². The summed E-state index contributed by atoms with van der Waals surface area (Å²) < 4.78 is 11.0. The van der Waals surface area contributed by atoms with Crippen molar-refractivity contribution in [1.82, 2.24) is 15.5 Å². The number of hydrogen-bond acceptors (Lipinski definition) is 5. The minimum absolute atomic E-state index is 0.148. The lowest BCUT2D eigenvalue weighted by Gasteiger charge is -2.19. The van der Waals surface area contributed by atoms with Crippen molar-refractivity contribution in [2.24, 2.45) is 0 Å². The average molecular weight is 308 g/mol. The van der Waals surface area contributed by atoms with Gasteiger partial charge in [0.05, 0.1) is 18.2 Å². The van der Waals surface area contributed by atoms with Crippen LogP contribution in [0.5, 0.6) is 5.75 Å². The SMILES string of the molecule is CCOc1ccc(Cl)cc1-c1noc([C@@H]2CCCCN2)n1.